The molecular weight excluding hydrogens is 282 g/mol. The molecule has 1 atom stereocenters. The van der Waals surface area contributed by atoms with Crippen molar-refractivity contribution in [3.05, 3.63) is 24.3 Å². The maximum absolute atomic E-state index is 12.1. The van der Waals surface area contributed by atoms with Crippen LogP contribution in [0.2, 0.25) is 0 Å². The fraction of sp³-hybridized carbons (Fsp3) is 0.417. The minimum Gasteiger partial charge on any atom is -0.392 e. The average Bonchev–Trinajstić information content (AvgIpc) is 2.28. The van der Waals surface area contributed by atoms with Crippen LogP contribution in [0.1, 0.15) is 13.3 Å². The molecule has 5 nitrogen and oxygen atoms in total. The molecule has 0 saturated carbocycles. The number of thiocarbonyl (C=S) groups is 1. The summed E-state index contributed by atoms with van der Waals surface area (Å²) in [5.74, 6) is 0. The monoisotopic (exact) mass is 301 g/mol. The Morgan fingerprint density at radius 2 is 1.89 bits per heavy atom. The third-order valence-corrected chi connectivity index (χ3v) is 5.00. The fourth-order valence-corrected chi connectivity index (χ4v) is 3.53. The van der Waals surface area contributed by atoms with E-state index in [1.807, 2.05) is 31.1 Å². The van der Waals surface area contributed by atoms with Crippen LogP contribution in [-0.2, 0) is 10.0 Å². The number of hydrogen-bond acceptors (Lipinski definition) is 4. The zero-order chi connectivity index (χ0) is 14.6. The van der Waals surface area contributed by atoms with Crippen LogP contribution in [-0.4, -0.2) is 32.8 Å². The lowest BCUT2D eigenvalue weighted by Gasteiger charge is -2.17. The lowest BCUT2D eigenvalue weighted by atomic mass is 10.3. The molecule has 0 radical (unpaired) electrons. The van der Waals surface area contributed by atoms with Gasteiger partial charge in [-0.2, -0.15) is 0 Å². The van der Waals surface area contributed by atoms with Gasteiger partial charge in [0.25, 0.3) is 0 Å². The van der Waals surface area contributed by atoms with Gasteiger partial charge >= 0.3 is 0 Å². The molecule has 3 N–H and O–H groups in total. The van der Waals surface area contributed by atoms with Gasteiger partial charge in [0, 0.05) is 25.5 Å². The predicted octanol–water partition coefficient (Wildman–Crippen LogP) is 1.56. The first-order valence-corrected chi connectivity index (χ1v) is 7.81. The standard InChI is InChI=1S/C12H19N3O2S2/c1-4-11(12(13)18)19(16,17)14-9-5-7-10(8-6-9)15(2)3/h5-8,11,14H,4H2,1-3H3,(H2,13,18). The van der Waals surface area contributed by atoms with Crippen LogP contribution in [0.4, 0.5) is 11.4 Å². The average molecular weight is 301 g/mol. The van der Waals surface area contributed by atoms with Crippen molar-refractivity contribution in [3.63, 3.8) is 0 Å². The summed E-state index contributed by atoms with van der Waals surface area (Å²) < 4.78 is 26.7. The molecule has 0 amide bonds. The van der Waals surface area contributed by atoms with Gasteiger partial charge < -0.3 is 10.6 Å². The molecule has 0 bridgehead atoms. The van der Waals surface area contributed by atoms with Crippen LogP contribution >= 0.6 is 12.2 Å². The second-order valence-corrected chi connectivity index (χ2v) is 6.72. The van der Waals surface area contributed by atoms with E-state index in [1.54, 1.807) is 19.1 Å². The quantitative estimate of drug-likeness (QED) is 0.780. The molecular formula is C12H19N3O2S2. The summed E-state index contributed by atoms with van der Waals surface area (Å²) in [6.45, 7) is 1.73. The van der Waals surface area contributed by atoms with E-state index in [-0.39, 0.29) is 4.99 Å². The van der Waals surface area contributed by atoms with Crippen molar-refractivity contribution in [2.24, 2.45) is 5.73 Å². The first-order valence-electron chi connectivity index (χ1n) is 5.86. The fourth-order valence-electron chi connectivity index (χ4n) is 1.64. The summed E-state index contributed by atoms with van der Waals surface area (Å²) in [5.41, 5.74) is 6.95. The lowest BCUT2D eigenvalue weighted by Crippen LogP contribution is -2.37. The van der Waals surface area contributed by atoms with Gasteiger partial charge in [-0.3, -0.25) is 4.72 Å². The van der Waals surface area contributed by atoms with Gasteiger partial charge in [-0.05, 0) is 30.7 Å². The predicted molar refractivity (Wildman–Crippen MR) is 84.2 cm³/mol. The van der Waals surface area contributed by atoms with E-state index in [0.717, 1.165) is 5.69 Å². The topological polar surface area (TPSA) is 75.4 Å². The minimum absolute atomic E-state index is 0.0140. The largest absolute Gasteiger partial charge is 0.392 e. The van der Waals surface area contributed by atoms with Crippen LogP contribution in [0.5, 0.6) is 0 Å². The van der Waals surface area contributed by atoms with Crippen molar-refractivity contribution < 1.29 is 8.42 Å². The van der Waals surface area contributed by atoms with Gasteiger partial charge in [0.2, 0.25) is 10.0 Å². The molecule has 0 saturated heterocycles. The second kappa shape index (κ2) is 6.21. The molecule has 1 aromatic carbocycles. The summed E-state index contributed by atoms with van der Waals surface area (Å²) in [5, 5.41) is -0.851. The molecule has 0 aliphatic carbocycles. The summed E-state index contributed by atoms with van der Waals surface area (Å²) in [6.07, 6.45) is 0.348. The van der Waals surface area contributed by atoms with Crippen molar-refractivity contribution in [2.45, 2.75) is 18.6 Å². The maximum atomic E-state index is 12.1. The molecule has 0 aliphatic rings. The number of nitrogens with two attached hydrogens (primary N) is 1. The lowest BCUT2D eigenvalue weighted by molar-refractivity contribution is 0.594. The minimum atomic E-state index is -3.59. The molecule has 0 fully saturated rings. The van der Waals surface area contributed by atoms with E-state index in [4.69, 9.17) is 18.0 Å². The number of rotatable bonds is 6. The van der Waals surface area contributed by atoms with Crippen LogP contribution in [0, 0.1) is 0 Å². The first kappa shape index (κ1) is 15.7. The van der Waals surface area contributed by atoms with Crippen molar-refractivity contribution in [1.82, 2.24) is 0 Å². The number of anilines is 2. The number of nitrogens with one attached hydrogen (secondary N) is 1. The Morgan fingerprint density at radius 3 is 2.26 bits per heavy atom. The Kier molecular flexibility index (Phi) is 5.13. The normalized spacial score (nSPS) is 12.8. The molecule has 106 valence electrons. The second-order valence-electron chi connectivity index (χ2n) is 4.39. The highest BCUT2D eigenvalue weighted by atomic mass is 32.2. The van der Waals surface area contributed by atoms with Gasteiger partial charge in [0.05, 0.1) is 4.99 Å². The van der Waals surface area contributed by atoms with Crippen LogP contribution in [0.3, 0.4) is 0 Å². The van der Waals surface area contributed by atoms with E-state index in [1.165, 1.54) is 0 Å². The van der Waals surface area contributed by atoms with Gasteiger partial charge in [0.15, 0.2) is 0 Å². The van der Waals surface area contributed by atoms with E-state index in [2.05, 4.69) is 4.72 Å². The third-order valence-electron chi connectivity index (χ3n) is 2.71. The van der Waals surface area contributed by atoms with Crippen molar-refractivity contribution in [3.8, 4) is 0 Å². The Hall–Kier alpha value is -1.34. The SMILES string of the molecule is CCC(C(N)=S)S(=O)(=O)Nc1ccc(N(C)C)cc1. The van der Waals surface area contributed by atoms with Crippen LogP contribution < -0.4 is 15.4 Å². The van der Waals surface area contributed by atoms with Gasteiger partial charge in [-0.1, -0.05) is 19.1 Å². The Morgan fingerprint density at radius 1 is 1.37 bits per heavy atom. The smallest absolute Gasteiger partial charge is 0.242 e. The first-order chi connectivity index (χ1) is 8.77. The van der Waals surface area contributed by atoms with E-state index in [0.29, 0.717) is 12.1 Å². The van der Waals surface area contributed by atoms with E-state index in [9.17, 15) is 8.42 Å². The molecule has 7 heteroatoms. The molecule has 1 aromatic rings. The maximum Gasteiger partial charge on any atom is 0.242 e. The van der Waals surface area contributed by atoms with E-state index < -0.39 is 15.3 Å². The zero-order valence-electron chi connectivity index (χ0n) is 11.3. The summed E-state index contributed by atoms with van der Waals surface area (Å²) >= 11 is 4.79. The third kappa shape index (κ3) is 4.07. The molecule has 1 rings (SSSR count). The number of hydrogen-bond donors (Lipinski definition) is 2. The highest BCUT2D eigenvalue weighted by molar-refractivity contribution is 7.95. The Labute approximate surface area is 119 Å². The van der Waals surface area contributed by atoms with Crippen molar-refractivity contribution in [1.29, 1.82) is 0 Å². The molecule has 1 unspecified atom stereocenters. The number of sulfonamides is 1. The highest BCUT2D eigenvalue weighted by Gasteiger charge is 2.26. The van der Waals surface area contributed by atoms with Gasteiger partial charge in [-0.25, -0.2) is 8.42 Å². The van der Waals surface area contributed by atoms with Gasteiger partial charge in [-0.15, -0.1) is 0 Å². The van der Waals surface area contributed by atoms with Crippen LogP contribution in [0.25, 0.3) is 0 Å². The number of benzene rings is 1. The van der Waals surface area contributed by atoms with E-state index >= 15 is 0 Å². The highest BCUT2D eigenvalue weighted by Crippen LogP contribution is 2.18. The van der Waals surface area contributed by atoms with Gasteiger partial charge in [0.1, 0.15) is 5.25 Å². The van der Waals surface area contributed by atoms with Crippen molar-refractivity contribution >= 4 is 38.6 Å². The molecule has 0 aliphatic heterocycles. The zero-order valence-corrected chi connectivity index (χ0v) is 12.9. The molecule has 0 heterocycles. The molecule has 0 spiro atoms. The Bertz CT molecular complexity index is 539. The summed E-state index contributed by atoms with van der Waals surface area (Å²) in [4.78, 5) is 1.92. The summed E-state index contributed by atoms with van der Waals surface area (Å²) in [7, 11) is 0.244. The van der Waals surface area contributed by atoms with Crippen LogP contribution in [0.15, 0.2) is 24.3 Å². The molecule has 0 aromatic heterocycles. The molecule has 19 heavy (non-hydrogen) atoms. The van der Waals surface area contributed by atoms with Crippen molar-refractivity contribution in [2.75, 3.05) is 23.7 Å². The Balaban J connectivity index is 2.92. The summed E-state index contributed by atoms with van der Waals surface area (Å²) in [6, 6.07) is 7.08. The number of nitrogens with zero attached hydrogens (tertiary/aromatic N) is 1.